The molecule has 0 aliphatic rings. The molecule has 2 aromatic rings. The van der Waals surface area contributed by atoms with Gasteiger partial charge in [-0.1, -0.05) is 0 Å². The molecule has 13 heteroatoms. The predicted octanol–water partition coefficient (Wildman–Crippen LogP) is 4.36. The van der Waals surface area contributed by atoms with Crippen LogP contribution in [-0.4, -0.2) is 38.0 Å². The highest BCUT2D eigenvalue weighted by atomic mass is 32.2. The van der Waals surface area contributed by atoms with E-state index in [1.54, 1.807) is 10.8 Å². The summed E-state index contributed by atoms with van der Waals surface area (Å²) in [5.74, 6) is -4.61. The lowest BCUT2D eigenvalue weighted by molar-refractivity contribution is -0.129. The zero-order chi connectivity index (χ0) is 23.4. The van der Waals surface area contributed by atoms with Crippen molar-refractivity contribution in [2.45, 2.75) is 19.5 Å². The van der Waals surface area contributed by atoms with Gasteiger partial charge in [-0.2, -0.15) is 13.2 Å². The number of anilines is 2. The van der Waals surface area contributed by atoms with Gasteiger partial charge in [0.2, 0.25) is 10.0 Å². The van der Waals surface area contributed by atoms with Crippen LogP contribution in [0.15, 0.2) is 35.0 Å². The molecule has 7 nitrogen and oxygen atoms in total. The molecule has 2 rings (SSSR count). The topological polar surface area (TPSA) is 103 Å². The van der Waals surface area contributed by atoms with Crippen molar-refractivity contribution < 1.29 is 35.2 Å². The van der Waals surface area contributed by atoms with E-state index in [2.05, 4.69) is 16.7 Å². The Balaban J connectivity index is 2.24. The summed E-state index contributed by atoms with van der Waals surface area (Å²) >= 11 is 0. The first-order valence-corrected chi connectivity index (χ1v) is 10.2. The van der Waals surface area contributed by atoms with Gasteiger partial charge in [0.25, 0.3) is 5.91 Å². The van der Waals surface area contributed by atoms with Crippen molar-refractivity contribution in [2.24, 2.45) is 4.99 Å². The Morgan fingerprint density at radius 2 is 1.94 bits per heavy atom. The molecule has 0 radical (unpaired) electrons. The van der Waals surface area contributed by atoms with Gasteiger partial charge in [0, 0.05) is 17.3 Å². The fourth-order valence-electron chi connectivity index (χ4n) is 2.35. The molecule has 0 aliphatic heterocycles. The zero-order valence-electron chi connectivity index (χ0n) is 16.0. The summed E-state index contributed by atoms with van der Waals surface area (Å²) in [6.07, 6.45) is -3.48. The number of alkyl halides is 3. The number of amides is 1. The van der Waals surface area contributed by atoms with Gasteiger partial charge in [-0.15, -0.1) is 0 Å². The molecule has 0 unspecified atom stereocenters. The van der Waals surface area contributed by atoms with Gasteiger partial charge in [0.15, 0.2) is 5.82 Å². The average molecular weight is 464 g/mol. The van der Waals surface area contributed by atoms with E-state index in [9.17, 15) is 35.2 Å². The van der Waals surface area contributed by atoms with E-state index in [0.29, 0.717) is 23.5 Å². The van der Waals surface area contributed by atoms with Gasteiger partial charge in [0.05, 0.1) is 17.9 Å². The molecule has 31 heavy (non-hydrogen) atoms. The molecule has 0 spiro atoms. The minimum Gasteiger partial charge on any atom is -0.346 e. The maximum absolute atomic E-state index is 14.6. The molecular formula is C18H17F5N4O3S. The summed E-state index contributed by atoms with van der Waals surface area (Å²) in [6.45, 7) is 4.70. The lowest BCUT2D eigenvalue weighted by atomic mass is 10.1. The predicted molar refractivity (Wildman–Crippen MR) is 107 cm³/mol. The number of sulfonamides is 1. The lowest BCUT2D eigenvalue weighted by Gasteiger charge is -2.14. The number of carbonyl (C=O) groups is 1. The fourth-order valence-corrected chi connectivity index (χ4v) is 3.45. The van der Waals surface area contributed by atoms with Crippen LogP contribution < -0.4 is 10.0 Å². The molecule has 1 amide bonds. The first-order valence-electron chi connectivity index (χ1n) is 8.52. The standard InChI is InChI=1S/C18H17F5N4O3S/c1-10(9-11-5-7-25-16(11)24-2)17(28)26-15-12(19)3-4-13(14(15)20)27-31(29,30)8-6-18(21,22)23/h3-5,7,9,25,27H,2,6,8H2,1H3,(H,26,28)/b10-9+. The van der Waals surface area contributed by atoms with E-state index in [4.69, 9.17) is 0 Å². The molecule has 0 aliphatic carbocycles. The Kier molecular flexibility index (Phi) is 7.21. The highest BCUT2D eigenvalue weighted by Crippen LogP contribution is 2.28. The van der Waals surface area contributed by atoms with Crippen LogP contribution in [0.1, 0.15) is 18.9 Å². The highest BCUT2D eigenvalue weighted by Gasteiger charge is 2.30. The summed E-state index contributed by atoms with van der Waals surface area (Å²) < 4.78 is 90.6. The SMILES string of the molecule is C=Nc1[nH]ccc1/C=C(\C)C(=O)Nc1c(F)ccc(NS(=O)(=O)CCC(F)(F)F)c1F. The van der Waals surface area contributed by atoms with Crippen LogP contribution in [0.2, 0.25) is 0 Å². The molecule has 0 saturated carbocycles. The molecule has 168 valence electrons. The lowest BCUT2D eigenvalue weighted by Crippen LogP contribution is -2.23. The van der Waals surface area contributed by atoms with Crippen molar-refractivity contribution in [3.8, 4) is 0 Å². The molecule has 0 atom stereocenters. The van der Waals surface area contributed by atoms with Crippen LogP contribution in [-0.2, 0) is 14.8 Å². The van der Waals surface area contributed by atoms with Crippen molar-refractivity contribution in [3.63, 3.8) is 0 Å². The van der Waals surface area contributed by atoms with Crippen LogP contribution in [0.5, 0.6) is 0 Å². The van der Waals surface area contributed by atoms with Gasteiger partial charge < -0.3 is 10.3 Å². The van der Waals surface area contributed by atoms with Crippen LogP contribution in [0.25, 0.3) is 6.08 Å². The molecule has 0 fully saturated rings. The Bertz CT molecular complexity index is 1120. The van der Waals surface area contributed by atoms with E-state index in [1.807, 2.05) is 5.32 Å². The van der Waals surface area contributed by atoms with Crippen molar-refractivity contribution in [1.82, 2.24) is 4.98 Å². The number of nitrogens with zero attached hydrogens (tertiary/aromatic N) is 1. The third-order valence-corrected chi connectivity index (χ3v) is 5.17. The fraction of sp³-hybridized carbons (Fsp3) is 0.222. The molecule has 1 aromatic heterocycles. The summed E-state index contributed by atoms with van der Waals surface area (Å²) in [5, 5.41) is 1.98. The van der Waals surface area contributed by atoms with Crippen LogP contribution >= 0.6 is 0 Å². The molecule has 3 N–H and O–H groups in total. The minimum absolute atomic E-state index is 0.0273. The molecular weight excluding hydrogens is 447 g/mol. The van der Waals surface area contributed by atoms with E-state index in [-0.39, 0.29) is 5.57 Å². The molecule has 0 bridgehead atoms. The van der Waals surface area contributed by atoms with Crippen molar-refractivity contribution in [1.29, 1.82) is 0 Å². The summed E-state index contributed by atoms with van der Waals surface area (Å²) in [6, 6.07) is 2.93. The van der Waals surface area contributed by atoms with Gasteiger partial charge in [-0.3, -0.25) is 9.52 Å². The monoisotopic (exact) mass is 464 g/mol. The largest absolute Gasteiger partial charge is 0.390 e. The number of aromatic amines is 1. The Labute approximate surface area is 174 Å². The number of nitrogens with one attached hydrogen (secondary N) is 3. The summed E-state index contributed by atoms with van der Waals surface area (Å²) in [4.78, 5) is 18.8. The molecule has 0 saturated heterocycles. The number of aliphatic imine (C=N–C) groups is 1. The number of carbonyl (C=O) groups excluding carboxylic acids is 1. The maximum atomic E-state index is 14.6. The zero-order valence-corrected chi connectivity index (χ0v) is 16.8. The summed E-state index contributed by atoms with van der Waals surface area (Å²) in [5.41, 5.74) is -1.27. The van der Waals surface area contributed by atoms with Crippen molar-refractivity contribution in [2.75, 3.05) is 15.8 Å². The second kappa shape index (κ2) is 9.29. The van der Waals surface area contributed by atoms with E-state index >= 15 is 0 Å². The smallest absolute Gasteiger partial charge is 0.346 e. The number of aromatic nitrogens is 1. The van der Waals surface area contributed by atoms with Gasteiger partial charge in [-0.05, 0) is 37.9 Å². The minimum atomic E-state index is -4.74. The van der Waals surface area contributed by atoms with E-state index < -0.39 is 57.3 Å². The normalized spacial score (nSPS) is 12.5. The van der Waals surface area contributed by atoms with Gasteiger partial charge in [-0.25, -0.2) is 22.2 Å². The maximum Gasteiger partial charge on any atom is 0.390 e. The second-order valence-electron chi connectivity index (χ2n) is 6.29. The van der Waals surface area contributed by atoms with Crippen LogP contribution in [0, 0.1) is 11.6 Å². The number of halogens is 5. The van der Waals surface area contributed by atoms with Crippen LogP contribution in [0.4, 0.5) is 39.1 Å². The Morgan fingerprint density at radius 1 is 1.26 bits per heavy atom. The Hall–Kier alpha value is -3.22. The Morgan fingerprint density at radius 3 is 2.55 bits per heavy atom. The average Bonchev–Trinajstić information content (AvgIpc) is 3.12. The second-order valence-corrected chi connectivity index (χ2v) is 8.13. The van der Waals surface area contributed by atoms with Crippen molar-refractivity contribution >= 4 is 45.9 Å². The first kappa shape index (κ1) is 24.1. The number of benzene rings is 1. The number of hydrogen-bond acceptors (Lipinski definition) is 4. The quantitative estimate of drug-likeness (QED) is 0.307. The highest BCUT2D eigenvalue weighted by molar-refractivity contribution is 7.92. The summed E-state index contributed by atoms with van der Waals surface area (Å²) in [7, 11) is -4.58. The number of H-pyrrole nitrogens is 1. The van der Waals surface area contributed by atoms with Crippen LogP contribution in [0.3, 0.4) is 0 Å². The van der Waals surface area contributed by atoms with E-state index in [1.165, 1.54) is 19.2 Å². The van der Waals surface area contributed by atoms with E-state index in [0.717, 1.165) is 0 Å². The molecule has 1 aromatic carbocycles. The third-order valence-electron chi connectivity index (χ3n) is 3.89. The van der Waals surface area contributed by atoms with Gasteiger partial charge in [0.1, 0.15) is 17.3 Å². The molecule has 1 heterocycles. The van der Waals surface area contributed by atoms with Crippen molar-refractivity contribution in [3.05, 3.63) is 47.2 Å². The third kappa shape index (κ3) is 6.64. The number of hydrogen-bond donors (Lipinski definition) is 3. The van der Waals surface area contributed by atoms with Gasteiger partial charge >= 0.3 is 6.18 Å². The number of rotatable bonds is 8. The first-order chi connectivity index (χ1) is 14.3.